The number of piperidine rings is 1. The van der Waals surface area contributed by atoms with Crippen molar-refractivity contribution in [1.82, 2.24) is 4.90 Å². The molecule has 2 fully saturated rings. The van der Waals surface area contributed by atoms with E-state index in [9.17, 15) is 4.79 Å². The fourth-order valence-corrected chi connectivity index (χ4v) is 4.08. The summed E-state index contributed by atoms with van der Waals surface area (Å²) in [7, 11) is 1.52. The van der Waals surface area contributed by atoms with Crippen molar-refractivity contribution in [3.63, 3.8) is 0 Å². The molecule has 2 aliphatic rings. The fourth-order valence-electron chi connectivity index (χ4n) is 4.08. The molecule has 0 N–H and O–H groups in total. The summed E-state index contributed by atoms with van der Waals surface area (Å²) in [5.74, 6) is 1.46. The van der Waals surface area contributed by atoms with E-state index in [1.165, 1.54) is 32.8 Å². The smallest absolute Gasteiger partial charge is 0.409 e. The molecule has 0 radical (unpaired) electrons. The van der Waals surface area contributed by atoms with Gasteiger partial charge < -0.3 is 9.64 Å². The number of methoxy groups -OCH3 is 1. The van der Waals surface area contributed by atoms with Crippen LogP contribution in [0.15, 0.2) is 0 Å². The van der Waals surface area contributed by atoms with Gasteiger partial charge in [-0.2, -0.15) is 0 Å². The Kier molecular flexibility index (Phi) is 4.52. The van der Waals surface area contributed by atoms with Crippen molar-refractivity contribution >= 4 is 6.09 Å². The van der Waals surface area contributed by atoms with Crippen LogP contribution < -0.4 is 0 Å². The molecule has 0 unspecified atom stereocenters. The number of hydrogen-bond acceptors (Lipinski definition) is 2. The second kappa shape index (κ2) is 5.94. The third-order valence-corrected chi connectivity index (χ3v) is 4.98. The van der Waals surface area contributed by atoms with Crippen LogP contribution in [0.1, 0.15) is 58.8 Å². The van der Waals surface area contributed by atoms with E-state index in [0.717, 1.165) is 25.2 Å². The number of likely N-dealkylation sites (tertiary alicyclic amines) is 1. The monoisotopic (exact) mass is 253 g/mol. The quantitative estimate of drug-likeness (QED) is 0.748. The van der Waals surface area contributed by atoms with E-state index in [1.54, 1.807) is 0 Å². The van der Waals surface area contributed by atoms with Gasteiger partial charge in [0.05, 0.1) is 7.11 Å². The molecule has 1 amide bonds. The fraction of sp³-hybridized carbons (Fsp3) is 0.933. The van der Waals surface area contributed by atoms with Gasteiger partial charge in [-0.1, -0.05) is 33.1 Å². The first kappa shape index (κ1) is 13.7. The van der Waals surface area contributed by atoms with Crippen molar-refractivity contribution in [3.05, 3.63) is 0 Å². The molecular formula is C15H27NO2. The first-order chi connectivity index (χ1) is 8.69. The lowest BCUT2D eigenvalue weighted by molar-refractivity contribution is -0.00609. The summed E-state index contributed by atoms with van der Waals surface area (Å²) in [4.78, 5) is 14.2. The highest BCUT2D eigenvalue weighted by molar-refractivity contribution is 5.68. The van der Waals surface area contributed by atoms with Crippen molar-refractivity contribution in [1.29, 1.82) is 0 Å². The SMILES string of the molecule is CCC[C@@H]1CC[C@@H]2[C@@H](C)CCC[C@@H]2N1C(=O)OC. The lowest BCUT2D eigenvalue weighted by Crippen LogP contribution is -2.56. The number of nitrogens with zero attached hydrogens (tertiary/aromatic N) is 1. The van der Waals surface area contributed by atoms with Gasteiger partial charge in [0, 0.05) is 12.1 Å². The molecule has 1 aliphatic heterocycles. The van der Waals surface area contributed by atoms with Gasteiger partial charge in [0.2, 0.25) is 0 Å². The van der Waals surface area contributed by atoms with Crippen molar-refractivity contribution in [2.45, 2.75) is 70.9 Å². The Hall–Kier alpha value is -0.730. The van der Waals surface area contributed by atoms with E-state index >= 15 is 0 Å². The average Bonchev–Trinajstić information content (AvgIpc) is 2.38. The van der Waals surface area contributed by atoms with Crippen LogP contribution in [0.2, 0.25) is 0 Å². The second-order valence-electron chi connectivity index (χ2n) is 6.04. The molecule has 1 saturated heterocycles. The standard InChI is InChI=1S/C15H27NO2/c1-4-6-12-9-10-13-11(2)7-5-8-14(13)16(12)15(17)18-3/h11-14H,4-10H2,1-3H3/t11-,12+,13+,14-/m0/s1. The highest BCUT2D eigenvalue weighted by atomic mass is 16.5. The van der Waals surface area contributed by atoms with Crippen molar-refractivity contribution in [3.8, 4) is 0 Å². The molecule has 0 bridgehead atoms. The second-order valence-corrected chi connectivity index (χ2v) is 6.04. The summed E-state index contributed by atoms with van der Waals surface area (Å²) in [5.41, 5.74) is 0. The van der Waals surface area contributed by atoms with E-state index in [2.05, 4.69) is 18.7 Å². The van der Waals surface area contributed by atoms with Crippen LogP contribution in [0.4, 0.5) is 4.79 Å². The number of fused-ring (bicyclic) bond motifs is 1. The minimum absolute atomic E-state index is 0.0998. The molecule has 4 atom stereocenters. The number of carbonyl (C=O) groups excluding carboxylic acids is 1. The van der Waals surface area contributed by atoms with E-state index in [1.807, 2.05) is 0 Å². The Morgan fingerprint density at radius 2 is 2.06 bits per heavy atom. The van der Waals surface area contributed by atoms with Gasteiger partial charge >= 0.3 is 6.09 Å². The van der Waals surface area contributed by atoms with E-state index < -0.39 is 0 Å². The van der Waals surface area contributed by atoms with Crippen molar-refractivity contribution < 1.29 is 9.53 Å². The summed E-state index contributed by atoms with van der Waals surface area (Å²) in [6, 6.07) is 0.848. The minimum Gasteiger partial charge on any atom is -0.453 e. The highest BCUT2D eigenvalue weighted by Gasteiger charge is 2.43. The number of ether oxygens (including phenoxy) is 1. The van der Waals surface area contributed by atoms with E-state index in [4.69, 9.17) is 4.74 Å². The van der Waals surface area contributed by atoms with Gasteiger partial charge in [-0.25, -0.2) is 4.79 Å². The van der Waals surface area contributed by atoms with Crippen LogP contribution >= 0.6 is 0 Å². The molecule has 1 aliphatic carbocycles. The maximum atomic E-state index is 12.1. The largest absolute Gasteiger partial charge is 0.453 e. The molecule has 18 heavy (non-hydrogen) atoms. The number of amides is 1. The molecule has 1 saturated carbocycles. The third kappa shape index (κ3) is 2.50. The molecule has 0 aromatic heterocycles. The van der Waals surface area contributed by atoms with Crippen LogP contribution in [0, 0.1) is 11.8 Å². The van der Waals surface area contributed by atoms with Crippen molar-refractivity contribution in [2.24, 2.45) is 11.8 Å². The molecule has 0 aromatic rings. The Labute approximate surface area is 111 Å². The third-order valence-electron chi connectivity index (χ3n) is 4.98. The van der Waals surface area contributed by atoms with Gasteiger partial charge in [0.1, 0.15) is 0 Å². The highest BCUT2D eigenvalue weighted by Crippen LogP contribution is 2.42. The van der Waals surface area contributed by atoms with Crippen LogP contribution in [-0.4, -0.2) is 30.2 Å². The predicted molar refractivity (Wildman–Crippen MR) is 72.5 cm³/mol. The predicted octanol–water partition coefficient (Wildman–Crippen LogP) is 3.82. The normalized spacial score (nSPS) is 36.1. The first-order valence-corrected chi connectivity index (χ1v) is 7.55. The van der Waals surface area contributed by atoms with Crippen LogP contribution in [0.5, 0.6) is 0 Å². The van der Waals surface area contributed by atoms with Crippen molar-refractivity contribution in [2.75, 3.05) is 7.11 Å². The Morgan fingerprint density at radius 3 is 2.72 bits per heavy atom. The first-order valence-electron chi connectivity index (χ1n) is 7.55. The lowest BCUT2D eigenvalue weighted by Gasteiger charge is -2.50. The number of carbonyl (C=O) groups is 1. The molecule has 0 aromatic carbocycles. The maximum Gasteiger partial charge on any atom is 0.409 e. The van der Waals surface area contributed by atoms with E-state index in [-0.39, 0.29) is 6.09 Å². The van der Waals surface area contributed by atoms with Gasteiger partial charge in [0.15, 0.2) is 0 Å². The molecule has 1 heterocycles. The molecule has 104 valence electrons. The van der Waals surface area contributed by atoms with Crippen LogP contribution in [-0.2, 0) is 4.74 Å². The zero-order chi connectivity index (χ0) is 13.1. The lowest BCUT2D eigenvalue weighted by atomic mass is 9.70. The molecule has 3 heteroatoms. The van der Waals surface area contributed by atoms with Crippen LogP contribution in [0.25, 0.3) is 0 Å². The van der Waals surface area contributed by atoms with Gasteiger partial charge in [0.25, 0.3) is 0 Å². The zero-order valence-corrected chi connectivity index (χ0v) is 12.0. The number of hydrogen-bond donors (Lipinski definition) is 0. The van der Waals surface area contributed by atoms with E-state index in [0.29, 0.717) is 18.0 Å². The summed E-state index contributed by atoms with van der Waals surface area (Å²) in [5, 5.41) is 0. The summed E-state index contributed by atoms with van der Waals surface area (Å²) >= 11 is 0. The Morgan fingerprint density at radius 1 is 1.28 bits per heavy atom. The maximum absolute atomic E-state index is 12.1. The Bertz CT molecular complexity index is 292. The summed E-state index contributed by atoms with van der Waals surface area (Å²) < 4.78 is 5.04. The summed E-state index contributed by atoms with van der Waals surface area (Å²) in [6.07, 6.45) is 8.38. The average molecular weight is 253 g/mol. The minimum atomic E-state index is -0.0998. The Balaban J connectivity index is 2.17. The zero-order valence-electron chi connectivity index (χ0n) is 12.0. The topological polar surface area (TPSA) is 29.5 Å². The molecule has 2 rings (SSSR count). The molecule has 0 spiro atoms. The van der Waals surface area contributed by atoms with Gasteiger partial charge in [-0.05, 0) is 37.5 Å². The van der Waals surface area contributed by atoms with Crippen LogP contribution in [0.3, 0.4) is 0 Å². The molecule has 3 nitrogen and oxygen atoms in total. The van der Waals surface area contributed by atoms with Gasteiger partial charge in [-0.3, -0.25) is 0 Å². The van der Waals surface area contributed by atoms with Gasteiger partial charge in [-0.15, -0.1) is 0 Å². The molecular weight excluding hydrogens is 226 g/mol. The number of rotatable bonds is 2. The summed E-state index contributed by atoms with van der Waals surface area (Å²) in [6.45, 7) is 4.55.